The Bertz CT molecular complexity index is 1570. The second-order valence-electron chi connectivity index (χ2n) is 13.0. The van der Waals surface area contributed by atoms with Crippen LogP contribution in [0.2, 0.25) is 0 Å². The summed E-state index contributed by atoms with van der Waals surface area (Å²) in [6.07, 6.45) is 8.29. The van der Waals surface area contributed by atoms with Gasteiger partial charge in [0.2, 0.25) is 0 Å². The van der Waals surface area contributed by atoms with E-state index in [2.05, 4.69) is 29.2 Å². The minimum atomic E-state index is -1.48. The highest BCUT2D eigenvalue weighted by molar-refractivity contribution is 7.99. The third kappa shape index (κ3) is 3.90. The lowest BCUT2D eigenvalue weighted by atomic mass is 9.45. The van der Waals surface area contributed by atoms with Crippen LogP contribution in [-0.2, 0) is 17.8 Å². The Kier molecular flexibility index (Phi) is 6.27. The summed E-state index contributed by atoms with van der Waals surface area (Å²) in [7, 11) is 0. The standard InChI is InChI=1S/C32H36N4O4S/c1-30-15-19-17-34-36(13-5-12-33)24(19)14-20(30)8-9-21-22-10-11-32(39,31(22,2)16-25(37)28(21)30)27(38)18-41-29-35-23-6-3-4-7-26(23)40-29/h3-4,6-7,14,17,21-22,25,28,37,39H,5,8-11,13,15-16,18H2,1-2H3/t21?,22?,25-,28?,30?,31?,32?/m0/s1. The quantitative estimate of drug-likeness (QED) is 0.387. The van der Waals surface area contributed by atoms with E-state index in [4.69, 9.17) is 9.68 Å². The first-order valence-electron chi connectivity index (χ1n) is 14.7. The van der Waals surface area contributed by atoms with Crippen molar-refractivity contribution in [2.45, 2.75) is 82.3 Å². The Morgan fingerprint density at radius 3 is 2.93 bits per heavy atom. The van der Waals surface area contributed by atoms with E-state index in [9.17, 15) is 15.0 Å². The molecule has 1 aromatic carbocycles. The number of thioether (sulfide) groups is 1. The minimum Gasteiger partial charge on any atom is -0.431 e. The molecule has 9 heteroatoms. The van der Waals surface area contributed by atoms with Gasteiger partial charge in [0.15, 0.2) is 11.4 Å². The van der Waals surface area contributed by atoms with Crippen LogP contribution in [0.5, 0.6) is 0 Å². The topological polar surface area (TPSA) is 125 Å². The van der Waals surface area contributed by atoms with Crippen molar-refractivity contribution in [3.8, 4) is 6.07 Å². The van der Waals surface area contributed by atoms with Crippen LogP contribution in [0.25, 0.3) is 17.2 Å². The number of oxazole rings is 1. The number of hydrogen-bond acceptors (Lipinski definition) is 8. The summed E-state index contributed by atoms with van der Waals surface area (Å²) in [5, 5.41) is 38.0. The Hall–Kier alpha value is -2.93. The molecule has 0 saturated heterocycles. The number of fused-ring (bicyclic) bond motifs is 7. The van der Waals surface area contributed by atoms with Crippen LogP contribution in [0.3, 0.4) is 0 Å². The fourth-order valence-corrected chi connectivity index (χ4v) is 10.0. The fourth-order valence-electron chi connectivity index (χ4n) is 9.20. The van der Waals surface area contributed by atoms with Crippen molar-refractivity contribution in [3.63, 3.8) is 0 Å². The van der Waals surface area contributed by atoms with Gasteiger partial charge in [0.1, 0.15) is 11.1 Å². The molecule has 0 bridgehead atoms. The van der Waals surface area contributed by atoms with Crippen molar-refractivity contribution < 1.29 is 19.4 Å². The van der Waals surface area contributed by atoms with Gasteiger partial charge in [-0.25, -0.2) is 4.98 Å². The molecule has 3 aromatic rings. The highest BCUT2D eigenvalue weighted by atomic mass is 32.2. The summed E-state index contributed by atoms with van der Waals surface area (Å²) >= 11 is 1.23. The molecule has 6 unspecified atom stereocenters. The average molecular weight is 573 g/mol. The largest absolute Gasteiger partial charge is 0.431 e. The highest BCUT2D eigenvalue weighted by Crippen LogP contribution is 2.67. The van der Waals surface area contributed by atoms with Crippen molar-refractivity contribution in [2.24, 2.45) is 28.6 Å². The van der Waals surface area contributed by atoms with Crippen molar-refractivity contribution >= 4 is 34.7 Å². The maximum atomic E-state index is 13.7. The van der Waals surface area contributed by atoms with Gasteiger partial charge in [0.05, 0.1) is 42.8 Å². The van der Waals surface area contributed by atoms with E-state index in [1.165, 1.54) is 22.9 Å². The van der Waals surface area contributed by atoms with Crippen molar-refractivity contribution in [3.05, 3.63) is 47.3 Å². The number of Topliss-reactive ketones (excluding diaryl/α,β-unsaturated/α-hetero) is 1. The Morgan fingerprint density at radius 2 is 2.12 bits per heavy atom. The van der Waals surface area contributed by atoms with E-state index in [-0.39, 0.29) is 34.7 Å². The second kappa shape index (κ2) is 9.55. The smallest absolute Gasteiger partial charge is 0.257 e. The van der Waals surface area contributed by atoms with Gasteiger partial charge in [0.25, 0.3) is 5.22 Å². The molecule has 4 aliphatic rings. The predicted octanol–water partition coefficient (Wildman–Crippen LogP) is 5.18. The number of benzene rings is 1. The lowest BCUT2D eigenvalue weighted by Gasteiger charge is -2.60. The van der Waals surface area contributed by atoms with Crippen molar-refractivity contribution in [2.75, 3.05) is 5.75 Å². The van der Waals surface area contributed by atoms with Crippen LogP contribution in [0, 0.1) is 39.9 Å². The zero-order valence-electron chi connectivity index (χ0n) is 23.5. The van der Waals surface area contributed by atoms with Crippen LogP contribution in [0.4, 0.5) is 0 Å². The van der Waals surface area contributed by atoms with E-state index in [0.29, 0.717) is 36.6 Å². The average Bonchev–Trinajstić information content (AvgIpc) is 3.62. The molecule has 0 radical (unpaired) electrons. The summed E-state index contributed by atoms with van der Waals surface area (Å²) in [5.74, 6) is 0.335. The zero-order valence-corrected chi connectivity index (χ0v) is 24.4. The van der Waals surface area contributed by atoms with Gasteiger partial charge in [-0.1, -0.05) is 43.3 Å². The van der Waals surface area contributed by atoms with Crippen molar-refractivity contribution in [1.29, 1.82) is 5.26 Å². The van der Waals surface area contributed by atoms with Crippen LogP contribution >= 0.6 is 11.8 Å². The Balaban J connectivity index is 1.13. The van der Waals surface area contributed by atoms with Gasteiger partial charge in [-0.05, 0) is 85.5 Å². The number of aliphatic hydroxyl groups is 2. The van der Waals surface area contributed by atoms with E-state index in [1.807, 2.05) is 42.1 Å². The summed E-state index contributed by atoms with van der Waals surface area (Å²) in [6, 6.07) is 9.72. The van der Waals surface area contributed by atoms with E-state index < -0.39 is 17.1 Å². The molecule has 3 fully saturated rings. The third-order valence-corrected chi connectivity index (χ3v) is 12.0. The molecule has 2 N–H and O–H groups in total. The molecule has 0 aliphatic heterocycles. The third-order valence-electron chi connectivity index (χ3n) is 11.1. The first-order chi connectivity index (χ1) is 19.7. The van der Waals surface area contributed by atoms with Crippen LogP contribution in [0.15, 0.2) is 45.7 Å². The molecule has 2 aromatic heterocycles. The number of aromatic nitrogens is 3. The Labute approximate surface area is 243 Å². The number of ketones is 1. The summed E-state index contributed by atoms with van der Waals surface area (Å²) in [6.45, 7) is 4.91. The molecule has 4 aliphatic carbocycles. The molecule has 7 atom stereocenters. The highest BCUT2D eigenvalue weighted by Gasteiger charge is 2.68. The van der Waals surface area contributed by atoms with E-state index in [0.717, 1.165) is 36.9 Å². The van der Waals surface area contributed by atoms with Crippen LogP contribution in [-0.4, -0.2) is 48.2 Å². The minimum absolute atomic E-state index is 0.0581. The molecular weight excluding hydrogens is 536 g/mol. The first kappa shape index (κ1) is 26.9. The molecule has 7 rings (SSSR count). The van der Waals surface area contributed by atoms with Gasteiger partial charge >= 0.3 is 0 Å². The molecule has 3 saturated carbocycles. The lowest BCUT2D eigenvalue weighted by molar-refractivity contribution is -0.177. The molecule has 2 heterocycles. The van der Waals surface area contributed by atoms with Gasteiger partial charge in [0, 0.05) is 5.41 Å². The zero-order chi connectivity index (χ0) is 28.6. The van der Waals surface area contributed by atoms with Crippen molar-refractivity contribution in [1.82, 2.24) is 14.8 Å². The lowest BCUT2D eigenvalue weighted by Crippen LogP contribution is -2.62. The predicted molar refractivity (Wildman–Crippen MR) is 155 cm³/mol. The molecule has 0 amide bonds. The Morgan fingerprint density at radius 1 is 1.29 bits per heavy atom. The maximum Gasteiger partial charge on any atom is 0.257 e. The number of hydrogen-bond donors (Lipinski definition) is 2. The number of aliphatic hydroxyl groups excluding tert-OH is 1. The number of allylic oxidation sites excluding steroid dienone is 1. The number of carbonyl (C=O) groups is 1. The van der Waals surface area contributed by atoms with Crippen LogP contribution in [0.1, 0.15) is 63.6 Å². The normalized spacial score (nSPS) is 35.6. The molecular formula is C32H36N4O4S. The number of nitriles is 1. The molecule has 41 heavy (non-hydrogen) atoms. The number of para-hydroxylation sites is 2. The van der Waals surface area contributed by atoms with Gasteiger partial charge in [-0.3, -0.25) is 9.48 Å². The summed E-state index contributed by atoms with van der Waals surface area (Å²) in [5.41, 5.74) is 2.67. The number of carbonyl (C=O) groups excluding carboxylic acids is 1. The van der Waals surface area contributed by atoms with Gasteiger partial charge < -0.3 is 14.6 Å². The molecule has 8 nitrogen and oxygen atoms in total. The SMILES string of the molecule is CC12Cc3cnn(CCC#N)c3C=C1CCC1C2[C@@H](O)CC2(C)C1CCC2(O)C(=O)CSc1nc2ccccc2o1. The maximum absolute atomic E-state index is 13.7. The molecule has 214 valence electrons. The first-order valence-corrected chi connectivity index (χ1v) is 15.7. The van der Waals surface area contributed by atoms with Gasteiger partial charge in [-0.2, -0.15) is 10.4 Å². The summed E-state index contributed by atoms with van der Waals surface area (Å²) < 4.78 is 7.73. The van der Waals surface area contributed by atoms with E-state index in [1.54, 1.807) is 0 Å². The second-order valence-corrected chi connectivity index (χ2v) is 14.0. The number of aryl methyl sites for hydroxylation is 1. The number of rotatable bonds is 6. The van der Waals surface area contributed by atoms with Crippen LogP contribution < -0.4 is 0 Å². The molecule has 0 spiro atoms. The van der Waals surface area contributed by atoms with E-state index >= 15 is 0 Å². The monoisotopic (exact) mass is 572 g/mol. The number of nitrogens with zero attached hydrogens (tertiary/aromatic N) is 4. The van der Waals surface area contributed by atoms with Gasteiger partial charge in [-0.15, -0.1) is 0 Å². The summed E-state index contributed by atoms with van der Waals surface area (Å²) in [4.78, 5) is 18.2. The fraction of sp³-hybridized carbons (Fsp3) is 0.562.